The predicted octanol–water partition coefficient (Wildman–Crippen LogP) is 3.66. The molecule has 0 amide bonds. The van der Waals surface area contributed by atoms with Crippen LogP contribution in [-0.2, 0) is 5.60 Å². The molecule has 3 heteroatoms. The predicted molar refractivity (Wildman–Crippen MR) is 82.1 cm³/mol. The Morgan fingerprint density at radius 1 is 1.26 bits per heavy atom. The lowest BCUT2D eigenvalue weighted by molar-refractivity contribution is -0.0593. The molecule has 1 atom stereocenters. The molecular weight excluding hydrogens is 256 g/mol. The summed E-state index contributed by atoms with van der Waals surface area (Å²) in [5.41, 5.74) is 2.31. The molecule has 1 fully saturated rings. The molecule has 0 spiro atoms. The van der Waals surface area contributed by atoms with Crippen LogP contribution in [0.5, 0.6) is 5.75 Å². The monoisotopic (exact) mass is 280 g/mol. The number of ether oxygens (including phenoxy) is 1. The summed E-state index contributed by atoms with van der Waals surface area (Å²) in [6.07, 6.45) is 1.02. The normalized spacial score (nSPS) is 26.2. The molecule has 2 rings (SSSR count). The molecule has 1 saturated heterocycles. The average Bonchev–Trinajstić information content (AvgIpc) is 2.36. The Bertz CT molecular complexity index is 482. The Hall–Kier alpha value is -0.670. The zero-order valence-electron chi connectivity index (χ0n) is 12.5. The fourth-order valence-electron chi connectivity index (χ4n) is 2.77. The molecule has 1 aromatic carbocycles. The summed E-state index contributed by atoms with van der Waals surface area (Å²) in [7, 11) is 1.69. The van der Waals surface area contributed by atoms with Gasteiger partial charge in [-0.15, -0.1) is 0 Å². The van der Waals surface area contributed by atoms with E-state index in [2.05, 4.69) is 33.8 Å². The van der Waals surface area contributed by atoms with Gasteiger partial charge in [0.15, 0.2) is 0 Å². The highest BCUT2D eigenvalue weighted by Crippen LogP contribution is 2.51. The van der Waals surface area contributed by atoms with E-state index in [0.29, 0.717) is 0 Å². The first-order chi connectivity index (χ1) is 8.83. The van der Waals surface area contributed by atoms with Crippen LogP contribution in [0.4, 0.5) is 0 Å². The minimum Gasteiger partial charge on any atom is -0.496 e. The third kappa shape index (κ3) is 2.27. The Balaban J connectivity index is 2.60. The molecule has 1 unspecified atom stereocenters. The maximum absolute atomic E-state index is 11.3. The van der Waals surface area contributed by atoms with Crippen LogP contribution in [0.15, 0.2) is 12.1 Å². The molecule has 2 nitrogen and oxygen atoms in total. The Labute approximate surface area is 120 Å². The van der Waals surface area contributed by atoms with Crippen LogP contribution in [0.25, 0.3) is 0 Å². The number of benzene rings is 1. The van der Waals surface area contributed by atoms with Crippen LogP contribution in [0.3, 0.4) is 0 Å². The van der Waals surface area contributed by atoms with Crippen molar-refractivity contribution in [3.05, 3.63) is 28.8 Å². The lowest BCUT2D eigenvalue weighted by atomic mass is 9.69. The number of thioether (sulfide) groups is 1. The van der Waals surface area contributed by atoms with E-state index < -0.39 is 5.60 Å². The summed E-state index contributed by atoms with van der Waals surface area (Å²) in [6.45, 7) is 8.44. The van der Waals surface area contributed by atoms with E-state index in [-0.39, 0.29) is 5.41 Å². The van der Waals surface area contributed by atoms with Crippen molar-refractivity contribution in [2.45, 2.75) is 39.7 Å². The van der Waals surface area contributed by atoms with Crippen molar-refractivity contribution in [1.29, 1.82) is 0 Å². The van der Waals surface area contributed by atoms with E-state index in [1.54, 1.807) is 7.11 Å². The average molecular weight is 280 g/mol. The van der Waals surface area contributed by atoms with Gasteiger partial charge in [-0.3, -0.25) is 0 Å². The van der Waals surface area contributed by atoms with Crippen molar-refractivity contribution in [3.63, 3.8) is 0 Å². The van der Waals surface area contributed by atoms with Crippen LogP contribution in [-0.4, -0.2) is 23.7 Å². The van der Waals surface area contributed by atoms with Crippen molar-refractivity contribution in [3.8, 4) is 5.75 Å². The molecule has 0 bridgehead atoms. The first-order valence-corrected chi connectivity index (χ1v) is 7.94. The summed E-state index contributed by atoms with van der Waals surface area (Å²) in [5.74, 6) is 2.69. The van der Waals surface area contributed by atoms with Crippen LogP contribution in [0, 0.1) is 19.3 Å². The van der Waals surface area contributed by atoms with Crippen molar-refractivity contribution in [2.24, 2.45) is 5.41 Å². The van der Waals surface area contributed by atoms with Gasteiger partial charge in [0.2, 0.25) is 0 Å². The van der Waals surface area contributed by atoms with Gasteiger partial charge in [-0.1, -0.05) is 26.0 Å². The van der Waals surface area contributed by atoms with Gasteiger partial charge in [-0.2, -0.15) is 11.8 Å². The zero-order chi connectivity index (χ0) is 14.3. The summed E-state index contributed by atoms with van der Waals surface area (Å²) < 4.78 is 5.60. The van der Waals surface area contributed by atoms with Crippen LogP contribution in [0.2, 0.25) is 0 Å². The molecule has 1 aliphatic rings. The summed E-state index contributed by atoms with van der Waals surface area (Å²) in [5, 5.41) is 11.3. The molecule has 1 heterocycles. The first-order valence-electron chi connectivity index (χ1n) is 6.78. The van der Waals surface area contributed by atoms with E-state index in [1.807, 2.05) is 17.8 Å². The van der Waals surface area contributed by atoms with Crippen molar-refractivity contribution in [2.75, 3.05) is 18.6 Å². The fourth-order valence-corrected chi connectivity index (χ4v) is 4.41. The Kier molecular flexibility index (Phi) is 3.90. The zero-order valence-corrected chi connectivity index (χ0v) is 13.4. The summed E-state index contributed by atoms with van der Waals surface area (Å²) >= 11 is 1.82. The standard InChI is InChI=1S/C16H24O2S/c1-11-6-7-13(14(18-5)12(11)2)16(17)10-19-9-8-15(16,3)4/h6-7,17H,8-10H2,1-5H3. The maximum Gasteiger partial charge on any atom is 0.128 e. The largest absolute Gasteiger partial charge is 0.496 e. The number of aryl methyl sites for hydroxylation is 1. The van der Waals surface area contributed by atoms with Gasteiger partial charge in [0.1, 0.15) is 11.4 Å². The number of hydrogen-bond acceptors (Lipinski definition) is 3. The Morgan fingerprint density at radius 3 is 2.53 bits per heavy atom. The lowest BCUT2D eigenvalue weighted by Crippen LogP contribution is -2.47. The highest BCUT2D eigenvalue weighted by molar-refractivity contribution is 7.99. The van der Waals surface area contributed by atoms with Gasteiger partial charge in [0, 0.05) is 11.3 Å². The number of methoxy groups -OCH3 is 1. The molecule has 0 radical (unpaired) electrons. The first kappa shape index (κ1) is 14.7. The van der Waals surface area contributed by atoms with E-state index in [0.717, 1.165) is 34.8 Å². The second-order valence-electron chi connectivity index (χ2n) is 6.14. The van der Waals surface area contributed by atoms with Crippen molar-refractivity contribution >= 4 is 11.8 Å². The molecular formula is C16H24O2S. The van der Waals surface area contributed by atoms with Crippen LogP contribution in [0.1, 0.15) is 37.0 Å². The SMILES string of the molecule is COc1c(C2(O)CSCCC2(C)C)ccc(C)c1C. The van der Waals surface area contributed by atoms with Gasteiger partial charge >= 0.3 is 0 Å². The van der Waals surface area contributed by atoms with Gasteiger partial charge < -0.3 is 9.84 Å². The number of aliphatic hydroxyl groups is 1. The number of hydrogen-bond donors (Lipinski definition) is 1. The van der Waals surface area contributed by atoms with Crippen molar-refractivity contribution < 1.29 is 9.84 Å². The van der Waals surface area contributed by atoms with Crippen molar-refractivity contribution in [1.82, 2.24) is 0 Å². The second kappa shape index (κ2) is 5.02. The molecule has 1 aromatic rings. The molecule has 1 N–H and O–H groups in total. The quantitative estimate of drug-likeness (QED) is 0.896. The summed E-state index contributed by atoms with van der Waals surface area (Å²) in [6, 6.07) is 4.12. The highest BCUT2D eigenvalue weighted by Gasteiger charge is 2.48. The maximum atomic E-state index is 11.3. The van der Waals surface area contributed by atoms with E-state index in [4.69, 9.17) is 4.74 Å². The van der Waals surface area contributed by atoms with Gasteiger partial charge in [-0.25, -0.2) is 0 Å². The molecule has 0 aromatic heterocycles. The molecule has 0 aliphatic carbocycles. The Morgan fingerprint density at radius 2 is 1.95 bits per heavy atom. The number of rotatable bonds is 2. The second-order valence-corrected chi connectivity index (χ2v) is 7.24. The van der Waals surface area contributed by atoms with Gasteiger partial charge in [0.25, 0.3) is 0 Å². The molecule has 1 aliphatic heterocycles. The molecule has 0 saturated carbocycles. The van der Waals surface area contributed by atoms with Crippen LogP contribution >= 0.6 is 11.8 Å². The minimum absolute atomic E-state index is 0.132. The van der Waals surface area contributed by atoms with E-state index in [1.165, 1.54) is 5.56 Å². The van der Waals surface area contributed by atoms with Gasteiger partial charge in [0.05, 0.1) is 7.11 Å². The molecule has 19 heavy (non-hydrogen) atoms. The smallest absolute Gasteiger partial charge is 0.128 e. The molecule has 106 valence electrons. The third-order valence-electron chi connectivity index (χ3n) is 4.63. The minimum atomic E-state index is -0.820. The van der Waals surface area contributed by atoms with E-state index in [9.17, 15) is 5.11 Å². The lowest BCUT2D eigenvalue weighted by Gasteiger charge is -2.47. The topological polar surface area (TPSA) is 29.5 Å². The highest BCUT2D eigenvalue weighted by atomic mass is 32.2. The van der Waals surface area contributed by atoms with E-state index >= 15 is 0 Å². The van der Waals surface area contributed by atoms with Gasteiger partial charge in [-0.05, 0) is 42.6 Å². The summed E-state index contributed by atoms with van der Waals surface area (Å²) in [4.78, 5) is 0. The third-order valence-corrected chi connectivity index (χ3v) is 5.74. The van der Waals surface area contributed by atoms with Crippen LogP contribution < -0.4 is 4.74 Å². The fraction of sp³-hybridized carbons (Fsp3) is 0.625.